The zero-order valence-electron chi connectivity index (χ0n) is 16.4. The molecule has 1 aliphatic heterocycles. The van der Waals surface area contributed by atoms with E-state index in [0.717, 1.165) is 11.1 Å². The van der Waals surface area contributed by atoms with E-state index >= 15 is 0 Å². The van der Waals surface area contributed by atoms with Crippen LogP contribution in [-0.2, 0) is 16.1 Å². The van der Waals surface area contributed by atoms with Gasteiger partial charge in [-0.3, -0.25) is 9.59 Å². The Balaban J connectivity index is 1.85. The van der Waals surface area contributed by atoms with Crippen molar-refractivity contribution in [2.24, 2.45) is 0 Å². The number of benzene rings is 3. The predicted octanol–water partition coefficient (Wildman–Crippen LogP) is 4.32. The maximum absolute atomic E-state index is 13.0. The third kappa shape index (κ3) is 3.57. The number of hydrogen-bond donors (Lipinski definition) is 2. The Kier molecular flexibility index (Phi) is 5.11. The average molecular weight is 399 g/mol. The number of aliphatic hydroxyl groups excluding tert-OH is 1. The summed E-state index contributed by atoms with van der Waals surface area (Å²) in [5.41, 5.74) is 3.05. The fourth-order valence-electron chi connectivity index (χ4n) is 3.69. The Morgan fingerprint density at radius 1 is 0.900 bits per heavy atom. The molecule has 1 fully saturated rings. The molecule has 5 heteroatoms. The lowest BCUT2D eigenvalue weighted by Crippen LogP contribution is -2.29. The van der Waals surface area contributed by atoms with Gasteiger partial charge in [0, 0.05) is 12.1 Å². The first-order chi connectivity index (χ1) is 14.5. The van der Waals surface area contributed by atoms with Crippen molar-refractivity contribution >= 4 is 17.4 Å². The quantitative estimate of drug-likeness (QED) is 0.389. The number of aliphatic hydroxyl groups is 1. The predicted molar refractivity (Wildman–Crippen MR) is 114 cm³/mol. The summed E-state index contributed by atoms with van der Waals surface area (Å²) in [6.45, 7) is 2.15. The second-order valence-electron chi connectivity index (χ2n) is 7.37. The molecule has 0 radical (unpaired) electrons. The van der Waals surface area contributed by atoms with E-state index < -0.39 is 17.7 Å². The summed E-state index contributed by atoms with van der Waals surface area (Å²) in [6, 6.07) is 22.1. The van der Waals surface area contributed by atoms with E-state index in [0.29, 0.717) is 11.1 Å². The third-order valence-corrected chi connectivity index (χ3v) is 5.27. The van der Waals surface area contributed by atoms with E-state index in [-0.39, 0.29) is 23.6 Å². The molecule has 0 bridgehead atoms. The summed E-state index contributed by atoms with van der Waals surface area (Å²) >= 11 is 0. The lowest BCUT2D eigenvalue weighted by molar-refractivity contribution is -0.140. The van der Waals surface area contributed by atoms with E-state index in [9.17, 15) is 19.8 Å². The molecule has 150 valence electrons. The van der Waals surface area contributed by atoms with E-state index in [1.165, 1.54) is 17.0 Å². The number of aromatic hydroxyl groups is 1. The maximum atomic E-state index is 13.0. The van der Waals surface area contributed by atoms with Gasteiger partial charge in [0.1, 0.15) is 11.5 Å². The minimum atomic E-state index is -0.757. The van der Waals surface area contributed by atoms with Crippen LogP contribution < -0.4 is 0 Å². The average Bonchev–Trinajstić information content (AvgIpc) is 3.00. The van der Waals surface area contributed by atoms with Crippen LogP contribution in [0.5, 0.6) is 5.75 Å². The highest BCUT2D eigenvalue weighted by molar-refractivity contribution is 6.46. The summed E-state index contributed by atoms with van der Waals surface area (Å²) in [5, 5.41) is 20.7. The van der Waals surface area contributed by atoms with Crippen molar-refractivity contribution in [3.63, 3.8) is 0 Å². The van der Waals surface area contributed by atoms with Gasteiger partial charge in [0.25, 0.3) is 11.7 Å². The highest BCUT2D eigenvalue weighted by Gasteiger charge is 2.46. The van der Waals surface area contributed by atoms with E-state index in [1.54, 1.807) is 24.3 Å². The zero-order chi connectivity index (χ0) is 21.3. The van der Waals surface area contributed by atoms with Crippen molar-refractivity contribution in [2.45, 2.75) is 19.5 Å². The van der Waals surface area contributed by atoms with Gasteiger partial charge in [0.05, 0.1) is 11.6 Å². The molecule has 1 heterocycles. The number of rotatable bonds is 4. The monoisotopic (exact) mass is 399 g/mol. The molecule has 3 aromatic carbocycles. The Labute approximate surface area is 174 Å². The molecule has 1 amide bonds. The van der Waals surface area contributed by atoms with Crippen LogP contribution in [0.2, 0.25) is 0 Å². The van der Waals surface area contributed by atoms with E-state index in [2.05, 4.69) is 0 Å². The van der Waals surface area contributed by atoms with Crippen LogP contribution in [-0.4, -0.2) is 26.8 Å². The number of likely N-dealkylation sites (tertiary alicyclic amines) is 1. The van der Waals surface area contributed by atoms with Crippen molar-refractivity contribution in [2.75, 3.05) is 0 Å². The molecule has 0 spiro atoms. The molecule has 1 saturated heterocycles. The fourth-order valence-corrected chi connectivity index (χ4v) is 3.69. The van der Waals surface area contributed by atoms with Gasteiger partial charge >= 0.3 is 0 Å². The largest absolute Gasteiger partial charge is 0.508 e. The number of phenolic OH excluding ortho intramolecular Hbond substituents is 1. The van der Waals surface area contributed by atoms with E-state index in [4.69, 9.17) is 0 Å². The summed E-state index contributed by atoms with van der Waals surface area (Å²) in [5.74, 6) is -1.51. The Morgan fingerprint density at radius 2 is 1.53 bits per heavy atom. The molecule has 30 heavy (non-hydrogen) atoms. The number of amides is 1. The number of phenols is 1. The number of carbonyl (C=O) groups excluding carboxylic acids is 2. The van der Waals surface area contributed by atoms with Crippen LogP contribution in [0.25, 0.3) is 5.76 Å². The van der Waals surface area contributed by atoms with Crippen LogP contribution in [0.1, 0.15) is 28.3 Å². The van der Waals surface area contributed by atoms with Gasteiger partial charge < -0.3 is 15.1 Å². The maximum Gasteiger partial charge on any atom is 0.295 e. The zero-order valence-corrected chi connectivity index (χ0v) is 16.4. The molecule has 1 atom stereocenters. The van der Waals surface area contributed by atoms with Crippen LogP contribution in [0.15, 0.2) is 84.4 Å². The summed E-state index contributed by atoms with van der Waals surface area (Å²) in [6.07, 6.45) is 0. The van der Waals surface area contributed by atoms with Gasteiger partial charge in [-0.15, -0.1) is 0 Å². The van der Waals surface area contributed by atoms with Crippen molar-refractivity contribution in [1.82, 2.24) is 4.90 Å². The molecule has 1 aliphatic rings. The summed E-state index contributed by atoms with van der Waals surface area (Å²) in [7, 11) is 0. The smallest absolute Gasteiger partial charge is 0.295 e. The number of Topliss-reactive ketones (excluding diaryl/α,β-unsaturated/α-hetero) is 1. The van der Waals surface area contributed by atoms with Crippen molar-refractivity contribution in [3.05, 3.63) is 107 Å². The van der Waals surface area contributed by atoms with Crippen LogP contribution in [0.3, 0.4) is 0 Å². The van der Waals surface area contributed by atoms with Crippen molar-refractivity contribution in [3.8, 4) is 5.75 Å². The standard InChI is InChI=1S/C25H21NO4/c1-16-7-9-19(10-8-16)23(28)21-22(18-11-13-20(27)14-12-18)26(25(30)24(21)29)15-17-5-3-2-4-6-17/h2-14,22,27-28H,15H2,1H3. The third-order valence-electron chi connectivity index (χ3n) is 5.27. The highest BCUT2D eigenvalue weighted by Crippen LogP contribution is 2.40. The van der Waals surface area contributed by atoms with Crippen LogP contribution in [0, 0.1) is 6.92 Å². The topological polar surface area (TPSA) is 77.8 Å². The number of hydrogen-bond acceptors (Lipinski definition) is 4. The second kappa shape index (κ2) is 7.87. The SMILES string of the molecule is Cc1ccc(C(O)=C2C(=O)C(=O)N(Cc3ccccc3)C2c2ccc(O)cc2)cc1. The van der Waals surface area contributed by atoms with E-state index in [1.807, 2.05) is 49.4 Å². The lowest BCUT2D eigenvalue weighted by atomic mass is 9.95. The summed E-state index contributed by atoms with van der Waals surface area (Å²) < 4.78 is 0. The molecule has 0 aromatic heterocycles. The van der Waals surface area contributed by atoms with Gasteiger partial charge in [0.2, 0.25) is 0 Å². The van der Waals surface area contributed by atoms with Gasteiger partial charge in [-0.2, -0.15) is 0 Å². The molecule has 5 nitrogen and oxygen atoms in total. The minimum Gasteiger partial charge on any atom is -0.508 e. The Morgan fingerprint density at radius 3 is 2.17 bits per heavy atom. The molecular weight excluding hydrogens is 378 g/mol. The number of nitrogens with zero attached hydrogens (tertiary/aromatic N) is 1. The highest BCUT2D eigenvalue weighted by atomic mass is 16.3. The van der Waals surface area contributed by atoms with Crippen LogP contribution in [0.4, 0.5) is 0 Å². The van der Waals surface area contributed by atoms with Gasteiger partial charge in [0.15, 0.2) is 0 Å². The minimum absolute atomic E-state index is 0.0467. The van der Waals surface area contributed by atoms with Gasteiger partial charge in [-0.05, 0) is 30.2 Å². The summed E-state index contributed by atoms with van der Waals surface area (Å²) in [4.78, 5) is 27.4. The first-order valence-electron chi connectivity index (χ1n) is 9.64. The molecule has 1 unspecified atom stereocenters. The Hall–Kier alpha value is -3.86. The van der Waals surface area contributed by atoms with Gasteiger partial charge in [-0.25, -0.2) is 0 Å². The number of ketones is 1. The fraction of sp³-hybridized carbons (Fsp3) is 0.120. The molecular formula is C25H21NO4. The van der Waals surface area contributed by atoms with Crippen LogP contribution >= 0.6 is 0 Å². The molecule has 0 saturated carbocycles. The van der Waals surface area contributed by atoms with Crippen molar-refractivity contribution in [1.29, 1.82) is 0 Å². The first kappa shape index (κ1) is 19.5. The molecule has 0 aliphatic carbocycles. The molecule has 4 rings (SSSR count). The number of carbonyl (C=O) groups is 2. The Bertz CT molecular complexity index is 1120. The number of aryl methyl sites for hydroxylation is 1. The molecule has 3 aromatic rings. The lowest BCUT2D eigenvalue weighted by Gasteiger charge is -2.25. The van der Waals surface area contributed by atoms with Crippen molar-refractivity contribution < 1.29 is 19.8 Å². The molecule has 2 N–H and O–H groups in total. The normalized spacial score (nSPS) is 18.0. The second-order valence-corrected chi connectivity index (χ2v) is 7.37. The van der Waals surface area contributed by atoms with Gasteiger partial charge in [-0.1, -0.05) is 72.3 Å². The first-order valence-corrected chi connectivity index (χ1v) is 9.64.